The molecule has 0 saturated carbocycles. The largest absolute Gasteiger partial charge is 0.496 e. The third kappa shape index (κ3) is 3.29. The number of ether oxygens (including phenoxy) is 1. The van der Waals surface area contributed by atoms with Crippen LogP contribution in [0.25, 0.3) is 0 Å². The van der Waals surface area contributed by atoms with Crippen LogP contribution in [0.4, 0.5) is 0 Å². The fraction of sp³-hybridized carbons (Fsp3) is 0.133. The second-order valence-electron chi connectivity index (χ2n) is 4.01. The molecule has 0 unspecified atom stereocenters. The maximum Gasteiger partial charge on any atom is 0.252 e. The van der Waals surface area contributed by atoms with Gasteiger partial charge in [-0.05, 0) is 18.2 Å². The van der Waals surface area contributed by atoms with E-state index < -0.39 is 0 Å². The Bertz CT molecular complexity index is 584. The van der Waals surface area contributed by atoms with E-state index in [9.17, 15) is 4.79 Å². The molecule has 0 saturated heterocycles. The normalized spacial score (nSPS) is 10.0. The minimum absolute atomic E-state index is 0.142. The molecule has 0 aliphatic carbocycles. The Kier molecular flexibility index (Phi) is 4.47. The second kappa shape index (κ2) is 6.29. The molecule has 2 aromatic carbocycles. The first-order chi connectivity index (χ1) is 9.22. The molecule has 0 fully saturated rings. The molecule has 0 radical (unpaired) electrons. The standard InChI is InChI=1S/C15H15NO2S/c1-18-13-8-4-2-6-11(13)10-16-15(17)12-7-3-5-9-14(12)19/h2-9,19H,10H2,1H3,(H,16,17). The zero-order chi connectivity index (χ0) is 13.7. The van der Waals surface area contributed by atoms with Crippen molar-refractivity contribution < 1.29 is 9.53 Å². The minimum Gasteiger partial charge on any atom is -0.496 e. The summed E-state index contributed by atoms with van der Waals surface area (Å²) in [6.45, 7) is 0.422. The number of nitrogens with one attached hydrogen (secondary N) is 1. The molecule has 1 N–H and O–H groups in total. The second-order valence-corrected chi connectivity index (χ2v) is 4.49. The fourth-order valence-corrected chi connectivity index (χ4v) is 2.05. The van der Waals surface area contributed by atoms with E-state index in [4.69, 9.17) is 4.74 Å². The van der Waals surface area contributed by atoms with Crippen molar-refractivity contribution in [1.29, 1.82) is 0 Å². The average molecular weight is 273 g/mol. The third-order valence-electron chi connectivity index (χ3n) is 2.78. The van der Waals surface area contributed by atoms with Gasteiger partial charge in [-0.3, -0.25) is 4.79 Å². The van der Waals surface area contributed by atoms with Crippen LogP contribution in [0.5, 0.6) is 5.75 Å². The van der Waals surface area contributed by atoms with E-state index in [-0.39, 0.29) is 5.91 Å². The first kappa shape index (κ1) is 13.5. The zero-order valence-corrected chi connectivity index (χ0v) is 11.5. The summed E-state index contributed by atoms with van der Waals surface area (Å²) in [5.41, 5.74) is 1.51. The highest BCUT2D eigenvalue weighted by molar-refractivity contribution is 7.80. The van der Waals surface area contributed by atoms with Gasteiger partial charge in [0.05, 0.1) is 12.7 Å². The summed E-state index contributed by atoms with van der Waals surface area (Å²) in [4.78, 5) is 12.7. The van der Waals surface area contributed by atoms with Crippen LogP contribution in [0.1, 0.15) is 15.9 Å². The van der Waals surface area contributed by atoms with Gasteiger partial charge in [0.25, 0.3) is 5.91 Å². The summed E-state index contributed by atoms with van der Waals surface area (Å²) in [5, 5.41) is 2.86. The monoisotopic (exact) mass is 273 g/mol. The lowest BCUT2D eigenvalue weighted by atomic mass is 10.1. The zero-order valence-electron chi connectivity index (χ0n) is 10.6. The number of carbonyl (C=O) groups is 1. The van der Waals surface area contributed by atoms with E-state index in [2.05, 4.69) is 17.9 Å². The van der Waals surface area contributed by atoms with Gasteiger partial charge in [0.1, 0.15) is 5.75 Å². The van der Waals surface area contributed by atoms with Gasteiger partial charge in [-0.2, -0.15) is 0 Å². The van der Waals surface area contributed by atoms with Crippen molar-refractivity contribution in [2.24, 2.45) is 0 Å². The van der Waals surface area contributed by atoms with Crippen molar-refractivity contribution in [3.05, 3.63) is 59.7 Å². The fourth-order valence-electron chi connectivity index (χ4n) is 1.79. The number of thiol groups is 1. The van der Waals surface area contributed by atoms with Gasteiger partial charge >= 0.3 is 0 Å². The number of hydrogen-bond acceptors (Lipinski definition) is 3. The van der Waals surface area contributed by atoms with Crippen LogP contribution in [0.15, 0.2) is 53.4 Å². The average Bonchev–Trinajstić information content (AvgIpc) is 2.45. The Balaban J connectivity index is 2.07. The van der Waals surface area contributed by atoms with Crippen LogP contribution in [0.2, 0.25) is 0 Å². The Hall–Kier alpha value is -1.94. The van der Waals surface area contributed by atoms with Gasteiger partial charge in [-0.15, -0.1) is 12.6 Å². The molecular weight excluding hydrogens is 258 g/mol. The number of carbonyl (C=O) groups excluding carboxylic acids is 1. The van der Waals surface area contributed by atoms with E-state index >= 15 is 0 Å². The number of hydrogen-bond donors (Lipinski definition) is 2. The SMILES string of the molecule is COc1ccccc1CNC(=O)c1ccccc1S. The molecule has 0 heterocycles. The molecule has 0 spiro atoms. The molecular formula is C15H15NO2S. The van der Waals surface area contributed by atoms with Crippen LogP contribution in [0, 0.1) is 0 Å². The first-order valence-corrected chi connectivity index (χ1v) is 6.35. The lowest BCUT2D eigenvalue weighted by molar-refractivity contribution is 0.0948. The molecule has 0 aliphatic rings. The van der Waals surface area contributed by atoms with Crippen LogP contribution in [-0.2, 0) is 6.54 Å². The maximum absolute atomic E-state index is 12.0. The number of amides is 1. The van der Waals surface area contributed by atoms with E-state index in [1.165, 1.54) is 0 Å². The molecule has 98 valence electrons. The Morgan fingerprint density at radius 3 is 2.58 bits per heavy atom. The van der Waals surface area contributed by atoms with E-state index in [0.29, 0.717) is 17.0 Å². The molecule has 4 heteroatoms. The van der Waals surface area contributed by atoms with Crippen molar-refractivity contribution in [2.75, 3.05) is 7.11 Å². The van der Waals surface area contributed by atoms with Gasteiger partial charge in [-0.1, -0.05) is 30.3 Å². The highest BCUT2D eigenvalue weighted by Gasteiger charge is 2.09. The van der Waals surface area contributed by atoms with Crippen molar-refractivity contribution in [2.45, 2.75) is 11.4 Å². The Morgan fingerprint density at radius 1 is 1.16 bits per heavy atom. The number of para-hydroxylation sites is 1. The summed E-state index contributed by atoms with van der Waals surface area (Å²) in [6.07, 6.45) is 0. The van der Waals surface area contributed by atoms with Gasteiger partial charge in [0, 0.05) is 17.0 Å². The Morgan fingerprint density at radius 2 is 1.84 bits per heavy atom. The summed E-state index contributed by atoms with van der Waals surface area (Å²) in [5.74, 6) is 0.624. The number of rotatable bonds is 4. The van der Waals surface area contributed by atoms with Crippen LogP contribution in [0.3, 0.4) is 0 Å². The molecule has 1 amide bonds. The van der Waals surface area contributed by atoms with Gasteiger partial charge in [0.15, 0.2) is 0 Å². The smallest absolute Gasteiger partial charge is 0.252 e. The van der Waals surface area contributed by atoms with Crippen molar-refractivity contribution in [1.82, 2.24) is 5.32 Å². The van der Waals surface area contributed by atoms with Crippen molar-refractivity contribution in [3.63, 3.8) is 0 Å². The number of benzene rings is 2. The van der Waals surface area contributed by atoms with Crippen molar-refractivity contribution >= 4 is 18.5 Å². The lowest BCUT2D eigenvalue weighted by Gasteiger charge is -2.10. The summed E-state index contributed by atoms with van der Waals surface area (Å²) < 4.78 is 5.24. The highest BCUT2D eigenvalue weighted by Crippen LogP contribution is 2.17. The molecule has 0 aromatic heterocycles. The van der Waals surface area contributed by atoms with Gasteiger partial charge in [-0.25, -0.2) is 0 Å². The molecule has 0 aliphatic heterocycles. The molecule has 0 atom stereocenters. The first-order valence-electron chi connectivity index (χ1n) is 5.90. The highest BCUT2D eigenvalue weighted by atomic mass is 32.1. The van der Waals surface area contributed by atoms with Gasteiger partial charge < -0.3 is 10.1 Å². The summed E-state index contributed by atoms with van der Waals surface area (Å²) in [6, 6.07) is 14.8. The van der Waals surface area contributed by atoms with Crippen molar-refractivity contribution in [3.8, 4) is 5.75 Å². The van der Waals surface area contributed by atoms with Crippen LogP contribution in [-0.4, -0.2) is 13.0 Å². The van der Waals surface area contributed by atoms with Crippen LogP contribution < -0.4 is 10.1 Å². The van der Waals surface area contributed by atoms with E-state index in [0.717, 1.165) is 11.3 Å². The topological polar surface area (TPSA) is 38.3 Å². The van der Waals surface area contributed by atoms with Crippen LogP contribution >= 0.6 is 12.6 Å². The van der Waals surface area contributed by atoms with Gasteiger partial charge in [0.2, 0.25) is 0 Å². The number of methoxy groups -OCH3 is 1. The molecule has 3 nitrogen and oxygen atoms in total. The summed E-state index contributed by atoms with van der Waals surface area (Å²) >= 11 is 4.27. The Labute approximate surface area is 118 Å². The minimum atomic E-state index is -0.142. The third-order valence-corrected chi connectivity index (χ3v) is 3.17. The molecule has 0 bridgehead atoms. The van der Waals surface area contributed by atoms with E-state index in [1.54, 1.807) is 19.2 Å². The predicted octanol–water partition coefficient (Wildman–Crippen LogP) is 2.91. The summed E-state index contributed by atoms with van der Waals surface area (Å²) in [7, 11) is 1.61. The molecule has 2 aromatic rings. The molecule has 19 heavy (non-hydrogen) atoms. The predicted molar refractivity (Wildman–Crippen MR) is 77.9 cm³/mol. The van der Waals surface area contributed by atoms with E-state index in [1.807, 2.05) is 36.4 Å². The quantitative estimate of drug-likeness (QED) is 0.841. The molecule has 2 rings (SSSR count). The maximum atomic E-state index is 12.0. The lowest BCUT2D eigenvalue weighted by Crippen LogP contribution is -2.23.